The maximum atomic E-state index is 12.9. The number of alkyl halides is 3. The van der Waals surface area contributed by atoms with Crippen molar-refractivity contribution in [3.8, 4) is 0 Å². The van der Waals surface area contributed by atoms with E-state index in [1.54, 1.807) is 7.05 Å². The number of fused-ring (bicyclic) bond motifs is 1. The van der Waals surface area contributed by atoms with Crippen molar-refractivity contribution in [1.82, 2.24) is 9.13 Å². The summed E-state index contributed by atoms with van der Waals surface area (Å²) in [5, 5.41) is 3.41. The third-order valence-electron chi connectivity index (χ3n) is 5.98. The Bertz CT molecular complexity index is 1100. The van der Waals surface area contributed by atoms with Crippen LogP contribution >= 0.6 is 0 Å². The van der Waals surface area contributed by atoms with E-state index in [0.29, 0.717) is 13.1 Å². The number of rotatable bonds is 3. The molecule has 30 heavy (non-hydrogen) atoms. The van der Waals surface area contributed by atoms with Crippen LogP contribution < -0.4 is 15.8 Å². The van der Waals surface area contributed by atoms with Crippen LogP contribution in [0.4, 0.5) is 30.2 Å². The second-order valence-electron chi connectivity index (χ2n) is 7.82. The second-order valence-corrected chi connectivity index (χ2v) is 7.82. The third kappa shape index (κ3) is 3.78. The lowest BCUT2D eigenvalue weighted by Crippen LogP contribution is -2.38. The normalized spacial score (nSPS) is 16.5. The molecule has 1 aliphatic heterocycles. The Morgan fingerprint density at radius 2 is 1.50 bits per heavy atom. The van der Waals surface area contributed by atoms with Crippen LogP contribution in [0, 0.1) is 5.92 Å². The van der Waals surface area contributed by atoms with E-state index in [9.17, 15) is 13.2 Å². The van der Waals surface area contributed by atoms with Crippen molar-refractivity contribution in [3.63, 3.8) is 0 Å². The Hall–Kier alpha value is -2.90. The lowest BCUT2D eigenvalue weighted by atomic mass is 9.96. The van der Waals surface area contributed by atoms with Gasteiger partial charge >= 0.3 is 6.18 Å². The van der Waals surface area contributed by atoms with Crippen molar-refractivity contribution in [1.29, 1.82) is 0 Å². The average Bonchev–Trinajstić information content (AvgIpc) is 2.97. The van der Waals surface area contributed by atoms with Crippen LogP contribution in [0.25, 0.3) is 11.0 Å². The van der Waals surface area contributed by atoms with E-state index in [-0.39, 0.29) is 12.8 Å². The van der Waals surface area contributed by atoms with E-state index in [0.717, 1.165) is 33.7 Å². The first-order chi connectivity index (χ1) is 14.3. The van der Waals surface area contributed by atoms with Gasteiger partial charge in [-0.1, -0.05) is 0 Å². The van der Waals surface area contributed by atoms with Crippen molar-refractivity contribution in [2.45, 2.75) is 19.0 Å². The Morgan fingerprint density at radius 3 is 2.10 bits per heavy atom. The standard InChI is InChI=1S/C22H26F3N5/c1-26-21-28(2)19-9-6-17(14-20(19)29(21)3)27-16-4-7-18(8-5-16)30-12-10-15(11-13-30)22(23,24)25/h4-9,14-15,27H,10-13H2,1-3H3. The Kier molecular flexibility index (Phi) is 5.26. The van der Waals surface area contributed by atoms with Gasteiger partial charge < -0.3 is 19.4 Å². The van der Waals surface area contributed by atoms with Crippen LogP contribution in [0.1, 0.15) is 12.8 Å². The molecule has 8 heteroatoms. The highest BCUT2D eigenvalue weighted by molar-refractivity contribution is 5.81. The smallest absolute Gasteiger partial charge is 0.372 e. The van der Waals surface area contributed by atoms with Gasteiger partial charge in [0.15, 0.2) is 0 Å². The maximum absolute atomic E-state index is 12.9. The largest absolute Gasteiger partial charge is 0.391 e. The second kappa shape index (κ2) is 7.74. The van der Waals surface area contributed by atoms with E-state index < -0.39 is 12.1 Å². The highest BCUT2D eigenvalue weighted by Gasteiger charge is 2.41. The highest BCUT2D eigenvalue weighted by Crippen LogP contribution is 2.35. The molecule has 1 aromatic heterocycles. The molecule has 0 atom stereocenters. The first-order valence-corrected chi connectivity index (χ1v) is 10.0. The summed E-state index contributed by atoms with van der Waals surface area (Å²) in [6, 6.07) is 14.0. The zero-order valence-electron chi connectivity index (χ0n) is 17.4. The lowest BCUT2D eigenvalue weighted by Gasteiger charge is -2.34. The first-order valence-electron chi connectivity index (χ1n) is 10.0. The van der Waals surface area contributed by atoms with Crippen molar-refractivity contribution in [2.24, 2.45) is 25.0 Å². The van der Waals surface area contributed by atoms with E-state index in [1.165, 1.54) is 0 Å². The molecule has 0 saturated carbocycles. The van der Waals surface area contributed by atoms with Crippen molar-refractivity contribution in [3.05, 3.63) is 48.1 Å². The van der Waals surface area contributed by atoms with Crippen LogP contribution in [0.2, 0.25) is 0 Å². The number of imidazole rings is 1. The quantitative estimate of drug-likeness (QED) is 0.678. The number of aryl methyl sites for hydroxylation is 2. The number of hydrogen-bond donors (Lipinski definition) is 1. The minimum absolute atomic E-state index is 0.156. The highest BCUT2D eigenvalue weighted by atomic mass is 19.4. The van der Waals surface area contributed by atoms with E-state index >= 15 is 0 Å². The van der Waals surface area contributed by atoms with Crippen LogP contribution in [0.5, 0.6) is 0 Å². The molecule has 1 fully saturated rings. The Morgan fingerprint density at radius 1 is 0.900 bits per heavy atom. The number of halogens is 3. The maximum Gasteiger partial charge on any atom is 0.391 e. The molecule has 3 aromatic rings. The zero-order chi connectivity index (χ0) is 21.5. The molecular weight excluding hydrogens is 391 g/mol. The summed E-state index contributed by atoms with van der Waals surface area (Å²) in [4.78, 5) is 6.36. The monoisotopic (exact) mass is 417 g/mol. The Balaban J connectivity index is 1.47. The minimum atomic E-state index is -4.08. The summed E-state index contributed by atoms with van der Waals surface area (Å²) in [6.45, 7) is 0.867. The number of nitrogens with one attached hydrogen (secondary N) is 1. The molecular formula is C22H26F3N5. The third-order valence-corrected chi connectivity index (χ3v) is 5.98. The van der Waals surface area contributed by atoms with Crippen LogP contribution in [0.15, 0.2) is 47.5 Å². The fraction of sp³-hybridized carbons (Fsp3) is 0.409. The van der Waals surface area contributed by atoms with Crippen LogP contribution in [-0.4, -0.2) is 35.4 Å². The van der Waals surface area contributed by atoms with Gasteiger partial charge in [0, 0.05) is 51.3 Å². The summed E-state index contributed by atoms with van der Waals surface area (Å²) < 4.78 is 42.7. The molecule has 0 radical (unpaired) electrons. The molecule has 1 N–H and O–H groups in total. The molecule has 0 unspecified atom stereocenters. The van der Waals surface area contributed by atoms with Crippen LogP contribution in [-0.2, 0) is 14.1 Å². The summed E-state index contributed by atoms with van der Waals surface area (Å²) in [5.41, 5.74) is 5.92. The zero-order valence-corrected chi connectivity index (χ0v) is 17.4. The van der Waals surface area contributed by atoms with Gasteiger partial charge in [0.1, 0.15) is 0 Å². The van der Waals surface area contributed by atoms with Gasteiger partial charge in [-0.2, -0.15) is 13.2 Å². The van der Waals surface area contributed by atoms with Gasteiger partial charge in [-0.25, -0.2) is 0 Å². The summed E-state index contributed by atoms with van der Waals surface area (Å²) in [6.07, 6.45) is -3.77. The fourth-order valence-corrected chi connectivity index (χ4v) is 4.28. The van der Waals surface area contributed by atoms with Gasteiger partial charge in [0.2, 0.25) is 5.62 Å². The number of hydrogen-bond acceptors (Lipinski definition) is 3. The minimum Gasteiger partial charge on any atom is -0.372 e. The van der Waals surface area contributed by atoms with Gasteiger partial charge in [0.25, 0.3) is 0 Å². The molecule has 1 aliphatic rings. The van der Waals surface area contributed by atoms with Crippen LogP contribution in [0.3, 0.4) is 0 Å². The molecule has 5 nitrogen and oxygen atoms in total. The lowest BCUT2D eigenvalue weighted by molar-refractivity contribution is -0.179. The summed E-state index contributed by atoms with van der Waals surface area (Å²) >= 11 is 0. The number of nitrogens with zero attached hydrogens (tertiary/aromatic N) is 4. The molecule has 0 spiro atoms. The van der Waals surface area contributed by atoms with E-state index in [1.807, 2.05) is 53.9 Å². The molecule has 0 amide bonds. The van der Waals surface area contributed by atoms with Crippen molar-refractivity contribution in [2.75, 3.05) is 30.4 Å². The van der Waals surface area contributed by atoms with Crippen molar-refractivity contribution < 1.29 is 13.2 Å². The predicted molar refractivity (Wildman–Crippen MR) is 114 cm³/mol. The molecule has 160 valence electrons. The molecule has 0 aliphatic carbocycles. The Labute approximate surface area is 173 Å². The molecule has 1 saturated heterocycles. The van der Waals surface area contributed by atoms with Gasteiger partial charge in [0.05, 0.1) is 17.0 Å². The average molecular weight is 417 g/mol. The number of piperidine rings is 1. The van der Waals surface area contributed by atoms with Gasteiger partial charge in [-0.05, 0) is 55.3 Å². The number of aromatic nitrogens is 2. The van der Waals surface area contributed by atoms with Gasteiger partial charge in [-0.3, -0.25) is 4.99 Å². The van der Waals surface area contributed by atoms with Crippen molar-refractivity contribution >= 4 is 28.1 Å². The summed E-state index contributed by atoms with van der Waals surface area (Å²) in [7, 11) is 5.76. The van der Waals surface area contributed by atoms with E-state index in [2.05, 4.69) is 27.0 Å². The number of benzene rings is 2. The molecule has 2 aromatic carbocycles. The summed E-state index contributed by atoms with van der Waals surface area (Å²) in [5.74, 6) is -1.18. The molecule has 0 bridgehead atoms. The predicted octanol–water partition coefficient (Wildman–Crippen LogP) is 4.57. The molecule has 2 heterocycles. The first kappa shape index (κ1) is 20.4. The SMILES string of the molecule is CN=c1n(C)c2ccc(Nc3ccc(N4CCC(C(F)(F)F)CC4)cc3)cc2n1C. The number of anilines is 3. The van der Waals surface area contributed by atoms with Gasteiger partial charge in [-0.15, -0.1) is 0 Å². The topological polar surface area (TPSA) is 37.5 Å². The van der Waals surface area contributed by atoms with E-state index in [4.69, 9.17) is 0 Å². The fourth-order valence-electron chi connectivity index (χ4n) is 4.28. The molecule has 4 rings (SSSR count).